The second-order valence-corrected chi connectivity index (χ2v) is 4.84. The highest BCUT2D eigenvalue weighted by Crippen LogP contribution is 2.11. The van der Waals surface area contributed by atoms with Gasteiger partial charge in [-0.3, -0.25) is 14.7 Å². The monoisotopic (exact) mass is 267 g/mol. The summed E-state index contributed by atoms with van der Waals surface area (Å²) in [5.74, 6) is 0.737. The van der Waals surface area contributed by atoms with Gasteiger partial charge in [-0.15, -0.1) is 11.6 Å². The largest absolute Gasteiger partial charge is 0.336 e. The molecule has 2 rings (SSSR count). The Labute approximate surface area is 113 Å². The van der Waals surface area contributed by atoms with Crippen molar-refractivity contribution in [2.24, 2.45) is 0 Å². The van der Waals surface area contributed by atoms with Crippen LogP contribution in [0.3, 0.4) is 0 Å². The number of carbonyl (C=O) groups is 1. The van der Waals surface area contributed by atoms with Crippen LogP contribution < -0.4 is 0 Å². The number of hydrogen-bond acceptors (Lipinski definition) is 3. The van der Waals surface area contributed by atoms with Crippen LogP contribution in [-0.2, 0) is 0 Å². The second-order valence-electron chi connectivity index (χ2n) is 4.46. The molecule has 5 heteroatoms. The molecule has 0 atom stereocenters. The number of nitrogens with zero attached hydrogens (tertiary/aromatic N) is 3. The lowest BCUT2D eigenvalue weighted by Crippen LogP contribution is -2.49. The van der Waals surface area contributed by atoms with Crippen molar-refractivity contribution < 1.29 is 4.79 Å². The summed E-state index contributed by atoms with van der Waals surface area (Å²) in [5.41, 5.74) is 1.51. The molecule has 1 saturated heterocycles. The standard InChI is InChI=1S/C13H18ClN3O/c1-11-12(3-2-5-15-11)13(18)17-9-7-16(6-4-14)8-10-17/h2-3,5H,4,6-10H2,1H3. The summed E-state index contributed by atoms with van der Waals surface area (Å²) >= 11 is 5.72. The summed E-state index contributed by atoms with van der Waals surface area (Å²) in [7, 11) is 0. The molecule has 1 aliphatic rings. The summed E-state index contributed by atoms with van der Waals surface area (Å²) in [4.78, 5) is 20.7. The van der Waals surface area contributed by atoms with Crippen LogP contribution in [0.4, 0.5) is 0 Å². The zero-order valence-electron chi connectivity index (χ0n) is 10.6. The van der Waals surface area contributed by atoms with Crippen molar-refractivity contribution in [3.8, 4) is 0 Å². The van der Waals surface area contributed by atoms with E-state index in [4.69, 9.17) is 11.6 Å². The SMILES string of the molecule is Cc1ncccc1C(=O)N1CCN(CCCl)CC1. The van der Waals surface area contributed by atoms with E-state index >= 15 is 0 Å². The fourth-order valence-corrected chi connectivity index (χ4v) is 2.41. The first-order chi connectivity index (χ1) is 8.72. The maximum Gasteiger partial charge on any atom is 0.255 e. The van der Waals surface area contributed by atoms with Crippen LogP contribution in [0.15, 0.2) is 18.3 Å². The summed E-state index contributed by atoms with van der Waals surface area (Å²) in [6.45, 7) is 6.11. The molecule has 0 N–H and O–H groups in total. The lowest BCUT2D eigenvalue weighted by atomic mass is 10.1. The molecule has 18 heavy (non-hydrogen) atoms. The quantitative estimate of drug-likeness (QED) is 0.777. The fraction of sp³-hybridized carbons (Fsp3) is 0.538. The molecule has 0 unspecified atom stereocenters. The van der Waals surface area contributed by atoms with E-state index in [1.165, 1.54) is 0 Å². The molecule has 0 saturated carbocycles. The van der Waals surface area contributed by atoms with Crippen LogP contribution in [0, 0.1) is 6.92 Å². The lowest BCUT2D eigenvalue weighted by molar-refractivity contribution is 0.0643. The van der Waals surface area contributed by atoms with Crippen molar-refractivity contribution in [1.82, 2.24) is 14.8 Å². The molecule has 0 aliphatic carbocycles. The Morgan fingerprint density at radius 2 is 2.11 bits per heavy atom. The van der Waals surface area contributed by atoms with Gasteiger partial charge < -0.3 is 4.90 Å². The minimum atomic E-state index is 0.0890. The van der Waals surface area contributed by atoms with Crippen LogP contribution in [-0.4, -0.2) is 59.3 Å². The number of piperazine rings is 1. The molecule has 0 bridgehead atoms. The van der Waals surface area contributed by atoms with Crippen LogP contribution >= 0.6 is 11.6 Å². The average molecular weight is 268 g/mol. The number of aromatic nitrogens is 1. The summed E-state index contributed by atoms with van der Waals surface area (Å²) in [6, 6.07) is 3.65. The van der Waals surface area contributed by atoms with Crippen LogP contribution in [0.25, 0.3) is 0 Å². The Morgan fingerprint density at radius 1 is 1.39 bits per heavy atom. The third kappa shape index (κ3) is 3.00. The first-order valence-electron chi connectivity index (χ1n) is 6.21. The molecule has 1 amide bonds. The number of carbonyl (C=O) groups excluding carboxylic acids is 1. The van der Waals surface area contributed by atoms with Gasteiger partial charge in [0.05, 0.1) is 5.56 Å². The van der Waals surface area contributed by atoms with Gasteiger partial charge in [0.2, 0.25) is 0 Å². The van der Waals surface area contributed by atoms with E-state index in [9.17, 15) is 4.79 Å². The first-order valence-corrected chi connectivity index (χ1v) is 6.75. The Bertz CT molecular complexity index is 416. The Kier molecular flexibility index (Phi) is 4.55. The molecule has 1 fully saturated rings. The van der Waals surface area contributed by atoms with E-state index in [-0.39, 0.29) is 5.91 Å². The number of amides is 1. The maximum absolute atomic E-state index is 12.3. The van der Waals surface area contributed by atoms with Crippen molar-refractivity contribution in [3.63, 3.8) is 0 Å². The van der Waals surface area contributed by atoms with Crippen LogP contribution in [0.1, 0.15) is 16.1 Å². The van der Waals surface area contributed by atoms with Gasteiger partial charge in [0.25, 0.3) is 5.91 Å². The minimum absolute atomic E-state index is 0.0890. The molecule has 1 aromatic rings. The zero-order valence-corrected chi connectivity index (χ0v) is 11.4. The van der Waals surface area contributed by atoms with Crippen molar-refractivity contribution in [1.29, 1.82) is 0 Å². The Balaban J connectivity index is 1.98. The number of hydrogen-bond donors (Lipinski definition) is 0. The van der Waals surface area contributed by atoms with Crippen molar-refractivity contribution in [2.75, 3.05) is 38.6 Å². The van der Waals surface area contributed by atoms with E-state index in [1.54, 1.807) is 6.20 Å². The van der Waals surface area contributed by atoms with Gasteiger partial charge in [-0.05, 0) is 19.1 Å². The Morgan fingerprint density at radius 3 is 2.72 bits per heavy atom. The third-order valence-corrected chi connectivity index (χ3v) is 3.47. The van der Waals surface area contributed by atoms with Gasteiger partial charge >= 0.3 is 0 Å². The van der Waals surface area contributed by atoms with Crippen molar-refractivity contribution >= 4 is 17.5 Å². The topological polar surface area (TPSA) is 36.4 Å². The van der Waals surface area contributed by atoms with Gasteiger partial charge in [-0.2, -0.15) is 0 Å². The van der Waals surface area contributed by atoms with Gasteiger partial charge in [0, 0.05) is 50.5 Å². The lowest BCUT2D eigenvalue weighted by Gasteiger charge is -2.34. The molecule has 1 aromatic heterocycles. The molecule has 0 spiro atoms. The van der Waals surface area contributed by atoms with Gasteiger partial charge in [-0.25, -0.2) is 0 Å². The average Bonchev–Trinajstić information content (AvgIpc) is 2.40. The van der Waals surface area contributed by atoms with E-state index in [0.29, 0.717) is 11.4 Å². The highest BCUT2D eigenvalue weighted by molar-refractivity contribution is 6.18. The Hall–Kier alpha value is -1.13. The number of alkyl halides is 1. The van der Waals surface area contributed by atoms with E-state index in [0.717, 1.165) is 38.4 Å². The van der Waals surface area contributed by atoms with Crippen molar-refractivity contribution in [2.45, 2.75) is 6.92 Å². The summed E-state index contributed by atoms with van der Waals surface area (Å²) in [5, 5.41) is 0. The number of aryl methyl sites for hydroxylation is 1. The molecule has 0 radical (unpaired) electrons. The smallest absolute Gasteiger partial charge is 0.255 e. The predicted molar refractivity (Wildman–Crippen MR) is 72.0 cm³/mol. The predicted octanol–water partition coefficient (Wildman–Crippen LogP) is 1.39. The van der Waals surface area contributed by atoms with Crippen molar-refractivity contribution in [3.05, 3.63) is 29.6 Å². The zero-order chi connectivity index (χ0) is 13.0. The molecule has 0 aromatic carbocycles. The van der Waals surface area contributed by atoms with E-state index < -0.39 is 0 Å². The van der Waals surface area contributed by atoms with Crippen LogP contribution in [0.5, 0.6) is 0 Å². The van der Waals surface area contributed by atoms with Gasteiger partial charge in [0.15, 0.2) is 0 Å². The van der Waals surface area contributed by atoms with E-state index in [2.05, 4.69) is 9.88 Å². The second kappa shape index (κ2) is 6.16. The molecule has 2 heterocycles. The van der Waals surface area contributed by atoms with E-state index in [1.807, 2.05) is 24.0 Å². The highest BCUT2D eigenvalue weighted by Gasteiger charge is 2.22. The molecule has 98 valence electrons. The van der Waals surface area contributed by atoms with Gasteiger partial charge in [0.1, 0.15) is 0 Å². The number of rotatable bonds is 3. The number of halogens is 1. The highest BCUT2D eigenvalue weighted by atomic mass is 35.5. The summed E-state index contributed by atoms with van der Waals surface area (Å²) < 4.78 is 0. The third-order valence-electron chi connectivity index (χ3n) is 3.30. The van der Waals surface area contributed by atoms with Crippen LogP contribution in [0.2, 0.25) is 0 Å². The molecular formula is C13H18ClN3O. The maximum atomic E-state index is 12.3. The molecular weight excluding hydrogens is 250 g/mol. The summed E-state index contributed by atoms with van der Waals surface area (Å²) in [6.07, 6.45) is 1.71. The molecule has 1 aliphatic heterocycles. The van der Waals surface area contributed by atoms with Gasteiger partial charge in [-0.1, -0.05) is 0 Å². The fourth-order valence-electron chi connectivity index (χ4n) is 2.17. The minimum Gasteiger partial charge on any atom is -0.336 e. The first kappa shape index (κ1) is 13.3. The normalized spacial score (nSPS) is 16.9. The number of pyridine rings is 1. The molecule has 4 nitrogen and oxygen atoms in total.